The normalized spacial score (nSPS) is 19.5. The topological polar surface area (TPSA) is 196 Å². The van der Waals surface area contributed by atoms with Gasteiger partial charge < -0.3 is 39.4 Å². The van der Waals surface area contributed by atoms with Crippen molar-refractivity contribution in [3.63, 3.8) is 0 Å². The number of likely N-dealkylation sites (N-methyl/N-ethyl adjacent to an activating group) is 1. The highest BCUT2D eigenvalue weighted by atomic mass is 32.1. The fourth-order valence-corrected chi connectivity index (χ4v) is 9.83. The van der Waals surface area contributed by atoms with Crippen molar-refractivity contribution in [2.45, 2.75) is 98.0 Å². The van der Waals surface area contributed by atoms with Crippen molar-refractivity contribution < 1.29 is 43.7 Å². The maximum atomic E-state index is 14.7. The van der Waals surface area contributed by atoms with Crippen LogP contribution in [-0.2, 0) is 59.4 Å². The summed E-state index contributed by atoms with van der Waals surface area (Å²) in [6, 6.07) is 10.3. The fraction of sp³-hybridized carbons (Fsp3) is 0.510. The number of aromatic nitrogens is 2. The predicted octanol–water partition coefficient (Wildman–Crippen LogP) is 4.67. The number of hydrogen-bond acceptors (Lipinski definition) is 11. The van der Waals surface area contributed by atoms with Gasteiger partial charge in [0.05, 0.1) is 24.8 Å². The van der Waals surface area contributed by atoms with Gasteiger partial charge in [-0.1, -0.05) is 39.8 Å². The van der Waals surface area contributed by atoms with E-state index in [4.69, 9.17) is 9.47 Å². The van der Waals surface area contributed by atoms with Gasteiger partial charge in [0, 0.05) is 81.0 Å². The Morgan fingerprint density at radius 3 is 2.45 bits per heavy atom. The zero-order valence-corrected chi connectivity index (χ0v) is 44.6. The van der Waals surface area contributed by atoms with Crippen molar-refractivity contribution >= 4 is 94.5 Å². The third-order valence-corrected chi connectivity index (χ3v) is 13.0. The summed E-state index contributed by atoms with van der Waals surface area (Å²) < 4.78 is 14.0. The first-order valence-corrected chi connectivity index (χ1v) is 22.6. The van der Waals surface area contributed by atoms with E-state index < -0.39 is 59.8 Å². The number of pyridine rings is 1. The van der Waals surface area contributed by atoms with Crippen LogP contribution in [0.5, 0.6) is 5.75 Å². The number of fused-ring (bicyclic) bond motifs is 6. The van der Waals surface area contributed by atoms with E-state index in [1.54, 1.807) is 32.5 Å². The first kappa shape index (κ1) is 58.9. The van der Waals surface area contributed by atoms with E-state index in [0.717, 1.165) is 38.9 Å². The maximum Gasteiger partial charge on any atom is 0.324 e. The number of methoxy groups -OCH3 is 1. The molecule has 2 saturated heterocycles. The Hall–Kier alpha value is -4.44. The van der Waals surface area contributed by atoms with Gasteiger partial charge in [-0.2, -0.15) is 54.0 Å². The molecule has 4 aromatic rings. The van der Waals surface area contributed by atoms with Crippen LogP contribution in [0.4, 0.5) is 0 Å². The predicted molar refractivity (Wildman–Crippen MR) is 285 cm³/mol. The average Bonchev–Trinajstić information content (AvgIpc) is 3.90. The molecule has 4 atom stereocenters. The molecule has 2 aromatic heterocycles. The summed E-state index contributed by atoms with van der Waals surface area (Å²) in [5.41, 5.74) is 9.65. The molecule has 0 spiro atoms. The van der Waals surface area contributed by atoms with Crippen LogP contribution in [0.2, 0.25) is 0 Å². The number of carbonyl (C=O) groups excluding carboxylic acids is 5. The van der Waals surface area contributed by atoms with Gasteiger partial charge in [0.25, 0.3) is 5.91 Å². The van der Waals surface area contributed by atoms with Crippen LogP contribution < -0.4 is 10.7 Å². The number of amides is 4. The lowest BCUT2D eigenvalue weighted by molar-refractivity contribution is -0.155. The Morgan fingerprint density at radius 2 is 1.77 bits per heavy atom. The number of aliphatic hydroxyl groups excluding tert-OH is 1. The summed E-state index contributed by atoms with van der Waals surface area (Å²) in [7, 11) is 3.22. The minimum Gasteiger partial charge on any atom is -0.508 e. The Bertz CT molecular complexity index is 2470. The number of nitrogens with one attached hydrogen (secondary N) is 2. The van der Waals surface area contributed by atoms with E-state index in [1.165, 1.54) is 14.8 Å². The van der Waals surface area contributed by atoms with Crippen molar-refractivity contribution in [2.75, 3.05) is 47.0 Å². The number of aromatic hydroxyl groups is 1. The smallest absolute Gasteiger partial charge is 0.324 e. The Kier molecular flexibility index (Phi) is 21.4. The second kappa shape index (κ2) is 25.1. The summed E-state index contributed by atoms with van der Waals surface area (Å²) in [6.45, 7) is 11.1. The van der Waals surface area contributed by atoms with E-state index in [1.807, 2.05) is 38.2 Å². The molecular weight excluding hydrogens is 959 g/mol. The van der Waals surface area contributed by atoms with Crippen LogP contribution >= 0.6 is 54.0 Å². The number of aryl methyl sites for hydroxylation is 1. The molecule has 20 heteroatoms. The van der Waals surface area contributed by atoms with Gasteiger partial charge >= 0.3 is 5.97 Å². The number of aliphatic hydroxyl groups is 1. The first-order valence-electron chi connectivity index (χ1n) is 22.6. The van der Waals surface area contributed by atoms with Gasteiger partial charge in [0.15, 0.2) is 0 Å². The summed E-state index contributed by atoms with van der Waals surface area (Å²) in [6.07, 6.45) is 5.47. The molecule has 3 aliphatic heterocycles. The monoisotopic (exact) mass is 1030 g/mol. The van der Waals surface area contributed by atoms with Gasteiger partial charge in [-0.05, 0) is 96.7 Å². The first-order chi connectivity index (χ1) is 31.0. The van der Waals surface area contributed by atoms with Crippen LogP contribution in [0.15, 0.2) is 54.9 Å². The molecule has 2 fully saturated rings. The van der Waals surface area contributed by atoms with Crippen LogP contribution in [0, 0.1) is 17.3 Å². The number of rotatable bonds is 10. The van der Waals surface area contributed by atoms with Gasteiger partial charge in [-0.15, -0.1) is 0 Å². The fourth-order valence-electron chi connectivity index (χ4n) is 9.83. The molecule has 4 amide bonds. The van der Waals surface area contributed by atoms with Crippen molar-refractivity contribution in [3.05, 3.63) is 71.5 Å². The number of cyclic esters (lactones) is 1. The number of hydrogen-bond donors (Lipinski definition) is 4. The number of carbonyl (C=O) groups is 5. The number of esters is 1. The lowest BCUT2D eigenvalue weighted by Gasteiger charge is -2.37. The number of phenols is 1. The van der Waals surface area contributed by atoms with Crippen LogP contribution in [0.1, 0.15) is 70.6 Å². The number of phenolic OH excluding ortho intramolecular Hbond substituents is 1. The van der Waals surface area contributed by atoms with Crippen molar-refractivity contribution in [1.82, 2.24) is 35.1 Å². The van der Waals surface area contributed by atoms with E-state index in [-0.39, 0.29) is 97.7 Å². The number of hydrazine groups is 1. The molecule has 2 aromatic carbocycles. The average molecular weight is 1030 g/mol. The number of likely N-dealkylation sites (tertiary alicyclic amines) is 1. The zero-order chi connectivity index (χ0) is 46.7. The number of benzene rings is 2. The molecule has 0 radical (unpaired) electrons. The SMILES string of the molecule is CCn1c(-c2cnccc2COC)c2c3cc(ccc31)-c1cc(O)cc(c1)C[C@H](NC(=O)[C@H](C(C)C)N(C)C(=O)[C@H]1CCN(C(=O)CO)C1)C(=O)N1CCC[C@H](N1)C(=O)OCC(C)(C)C2.S.S.S.S. The molecule has 380 valence electrons. The van der Waals surface area contributed by atoms with E-state index in [2.05, 4.69) is 53.2 Å². The summed E-state index contributed by atoms with van der Waals surface area (Å²) in [5, 5.41) is 26.0. The highest BCUT2D eigenvalue weighted by Gasteiger charge is 2.40. The highest BCUT2D eigenvalue weighted by molar-refractivity contribution is 7.59. The Morgan fingerprint density at radius 1 is 1.03 bits per heavy atom. The molecule has 7 rings (SSSR count). The second-order valence-electron chi connectivity index (χ2n) is 18.8. The third kappa shape index (κ3) is 12.9. The molecule has 16 nitrogen and oxygen atoms in total. The van der Waals surface area contributed by atoms with E-state index >= 15 is 0 Å². The summed E-state index contributed by atoms with van der Waals surface area (Å²) in [4.78, 5) is 76.4. The lowest BCUT2D eigenvalue weighted by atomic mass is 9.84. The highest BCUT2D eigenvalue weighted by Crippen LogP contribution is 2.41. The summed E-state index contributed by atoms with van der Waals surface area (Å²) in [5.74, 6) is -3.26. The van der Waals surface area contributed by atoms with Crippen LogP contribution in [-0.4, -0.2) is 129 Å². The third-order valence-electron chi connectivity index (χ3n) is 13.0. The van der Waals surface area contributed by atoms with Crippen molar-refractivity contribution in [3.8, 4) is 28.1 Å². The Labute approximate surface area is 433 Å². The van der Waals surface area contributed by atoms with Gasteiger partial charge in [0.1, 0.15) is 30.5 Å². The minimum absolute atomic E-state index is 0. The molecular formula is C49H71N7O9S4. The number of ether oxygens (including phenoxy) is 2. The molecule has 5 heterocycles. The second-order valence-corrected chi connectivity index (χ2v) is 18.8. The molecule has 4 N–H and O–H groups in total. The van der Waals surface area contributed by atoms with E-state index in [0.29, 0.717) is 56.5 Å². The van der Waals surface area contributed by atoms with Crippen LogP contribution in [0.3, 0.4) is 0 Å². The van der Waals surface area contributed by atoms with Crippen molar-refractivity contribution in [2.24, 2.45) is 17.3 Å². The molecule has 0 unspecified atom stereocenters. The maximum absolute atomic E-state index is 14.7. The quantitative estimate of drug-likeness (QED) is 0.161. The van der Waals surface area contributed by atoms with E-state index in [9.17, 15) is 34.2 Å². The standard InChI is InChI=1S/C49H63N7O9.4H2S/c1-8-55-41-12-11-31-22-36(41)37(44(55)38-24-50-15-13-33(38)27-64-7)23-49(4,5)28-65-48(63)39-10-9-16-56(52-39)47(62)40(20-30-18-34(31)21-35(58)19-30)51-45(60)43(29(2)3)53(6)46(61)32-14-17-54(25-32)42(59)26-57;;;;/h11-13,15,18-19,21-22,24,29,32,39-40,43,52,57-58H,8-10,14,16-17,20,23,25-28H2,1-7H3,(H,51,60);4*1H2/t32-,39-,40-,43-;;;;/m0..../s1. The van der Waals surface area contributed by atoms with Gasteiger partial charge in [-0.3, -0.25) is 34.0 Å². The molecule has 69 heavy (non-hydrogen) atoms. The van der Waals surface area contributed by atoms with Crippen LogP contribution in [0.25, 0.3) is 33.3 Å². The zero-order valence-electron chi connectivity index (χ0n) is 40.6. The molecule has 6 bridgehead atoms. The summed E-state index contributed by atoms with van der Waals surface area (Å²) >= 11 is 0. The Balaban J connectivity index is 0.00000315. The molecule has 0 aliphatic carbocycles. The van der Waals surface area contributed by atoms with Crippen molar-refractivity contribution in [1.29, 1.82) is 0 Å². The largest absolute Gasteiger partial charge is 0.508 e. The number of nitrogens with zero attached hydrogens (tertiary/aromatic N) is 5. The molecule has 3 aliphatic rings. The minimum atomic E-state index is -1.18. The van der Waals surface area contributed by atoms with Gasteiger partial charge in [0.2, 0.25) is 17.7 Å². The van der Waals surface area contributed by atoms with Gasteiger partial charge in [-0.25, -0.2) is 5.43 Å². The molecule has 0 saturated carbocycles. The lowest BCUT2D eigenvalue weighted by Crippen LogP contribution is -2.62.